The number of carbonyl (C=O) groups excluding carboxylic acids is 1. The topological polar surface area (TPSA) is 67.3 Å². The van der Waals surface area contributed by atoms with Gasteiger partial charge in [0.2, 0.25) is 5.91 Å². The summed E-state index contributed by atoms with van der Waals surface area (Å²) in [5.41, 5.74) is 2.52. The van der Waals surface area contributed by atoms with Gasteiger partial charge < -0.3 is 15.0 Å². The van der Waals surface area contributed by atoms with Crippen LogP contribution >= 0.6 is 15.9 Å². The number of hydrogen-bond acceptors (Lipinski definition) is 5. The molecule has 2 heterocycles. The second-order valence-corrected chi connectivity index (χ2v) is 8.15. The molecule has 1 aliphatic rings. The van der Waals surface area contributed by atoms with Crippen molar-refractivity contribution in [3.8, 4) is 17.0 Å². The maximum atomic E-state index is 12.6. The molecule has 1 aromatic heterocycles. The summed E-state index contributed by atoms with van der Waals surface area (Å²) < 4.78 is 6.40. The monoisotopic (exact) mass is 466 g/mol. The van der Waals surface area contributed by atoms with Crippen LogP contribution in [0, 0.1) is 5.92 Å². The van der Waals surface area contributed by atoms with Crippen molar-refractivity contribution in [1.29, 1.82) is 0 Å². The Bertz CT molecular complexity index is 1000. The summed E-state index contributed by atoms with van der Waals surface area (Å²) in [6.45, 7) is 1.56. The predicted molar refractivity (Wildman–Crippen MR) is 122 cm³/mol. The predicted octanol–water partition coefficient (Wildman–Crippen LogP) is 4.77. The number of amides is 1. The third-order valence-corrected chi connectivity index (χ3v) is 5.86. The number of nitrogens with zero attached hydrogens (tertiary/aromatic N) is 3. The first-order chi connectivity index (χ1) is 14.6. The van der Waals surface area contributed by atoms with Crippen molar-refractivity contribution in [1.82, 2.24) is 10.2 Å². The van der Waals surface area contributed by atoms with Gasteiger partial charge in [-0.2, -0.15) is 0 Å². The molecule has 0 unspecified atom stereocenters. The highest BCUT2D eigenvalue weighted by Crippen LogP contribution is 2.29. The molecular weight excluding hydrogens is 444 g/mol. The third-order valence-electron chi connectivity index (χ3n) is 5.33. The molecule has 4 rings (SSSR count). The Morgan fingerprint density at radius 2 is 1.77 bits per heavy atom. The van der Waals surface area contributed by atoms with Gasteiger partial charge in [-0.05, 0) is 61.4 Å². The van der Waals surface area contributed by atoms with E-state index in [1.165, 1.54) is 0 Å². The Balaban J connectivity index is 1.36. The first kappa shape index (κ1) is 20.3. The van der Waals surface area contributed by atoms with Crippen LogP contribution in [-0.2, 0) is 4.79 Å². The molecule has 1 aliphatic heterocycles. The van der Waals surface area contributed by atoms with Crippen LogP contribution in [0.3, 0.4) is 0 Å². The van der Waals surface area contributed by atoms with E-state index in [0.29, 0.717) is 0 Å². The van der Waals surface area contributed by atoms with Crippen molar-refractivity contribution in [2.75, 3.05) is 30.4 Å². The lowest BCUT2D eigenvalue weighted by atomic mass is 9.96. The largest absolute Gasteiger partial charge is 0.496 e. The normalized spacial score (nSPS) is 14.4. The Hall–Kier alpha value is -2.93. The molecule has 2 aromatic carbocycles. The van der Waals surface area contributed by atoms with Crippen molar-refractivity contribution >= 4 is 33.3 Å². The lowest BCUT2D eigenvalue weighted by Crippen LogP contribution is -2.38. The third kappa shape index (κ3) is 4.62. The molecule has 0 atom stereocenters. The number of ether oxygens (including phenoxy) is 1. The van der Waals surface area contributed by atoms with Crippen LogP contribution in [0.1, 0.15) is 12.8 Å². The number of piperidine rings is 1. The summed E-state index contributed by atoms with van der Waals surface area (Å²) in [4.78, 5) is 14.8. The van der Waals surface area contributed by atoms with Crippen molar-refractivity contribution in [2.45, 2.75) is 12.8 Å². The molecule has 1 fully saturated rings. The van der Waals surface area contributed by atoms with Gasteiger partial charge >= 0.3 is 0 Å². The molecule has 154 valence electrons. The molecule has 6 nitrogen and oxygen atoms in total. The Morgan fingerprint density at radius 3 is 2.43 bits per heavy atom. The van der Waals surface area contributed by atoms with Crippen molar-refractivity contribution in [3.05, 3.63) is 65.1 Å². The zero-order valence-electron chi connectivity index (χ0n) is 16.7. The lowest BCUT2D eigenvalue weighted by molar-refractivity contribution is -0.120. The van der Waals surface area contributed by atoms with Crippen molar-refractivity contribution in [3.63, 3.8) is 0 Å². The molecular formula is C23H23BrN4O2. The number of benzene rings is 2. The van der Waals surface area contributed by atoms with Crippen LogP contribution in [0.2, 0.25) is 0 Å². The molecule has 30 heavy (non-hydrogen) atoms. The molecule has 0 radical (unpaired) electrons. The highest BCUT2D eigenvalue weighted by Gasteiger charge is 2.26. The summed E-state index contributed by atoms with van der Waals surface area (Å²) >= 11 is 3.41. The standard InChI is InChI=1S/C23H23BrN4O2/c1-30-21-5-3-2-4-19(21)20-10-11-22(27-26-20)28-14-12-16(13-15-28)23(29)25-18-8-6-17(24)7-9-18/h2-11,16H,12-15H2,1H3,(H,25,29). The highest BCUT2D eigenvalue weighted by molar-refractivity contribution is 9.10. The summed E-state index contributed by atoms with van der Waals surface area (Å²) in [5.74, 6) is 1.69. The van der Waals surface area contributed by atoms with Gasteiger partial charge in [0, 0.05) is 34.7 Å². The molecule has 0 spiro atoms. The minimum atomic E-state index is 0.00529. The lowest BCUT2D eigenvalue weighted by Gasteiger charge is -2.31. The van der Waals surface area contributed by atoms with E-state index in [2.05, 4.69) is 36.3 Å². The number of hydrogen-bond donors (Lipinski definition) is 1. The molecule has 7 heteroatoms. The molecule has 0 bridgehead atoms. The van der Waals surface area contributed by atoms with Crippen LogP contribution in [0.15, 0.2) is 65.1 Å². The van der Waals surface area contributed by atoms with Crippen LogP contribution < -0.4 is 15.0 Å². The zero-order valence-corrected chi connectivity index (χ0v) is 18.3. The quantitative estimate of drug-likeness (QED) is 0.586. The van der Waals surface area contributed by atoms with Gasteiger partial charge in [0.25, 0.3) is 0 Å². The first-order valence-corrected chi connectivity index (χ1v) is 10.7. The van der Waals surface area contributed by atoms with E-state index in [4.69, 9.17) is 4.74 Å². The summed E-state index contributed by atoms with van der Waals surface area (Å²) in [5, 5.41) is 11.8. The van der Waals surface area contributed by atoms with Gasteiger partial charge in [0.1, 0.15) is 5.75 Å². The highest BCUT2D eigenvalue weighted by atomic mass is 79.9. The molecule has 0 saturated carbocycles. The molecule has 1 saturated heterocycles. The fraction of sp³-hybridized carbons (Fsp3) is 0.261. The molecule has 1 amide bonds. The van der Waals surface area contributed by atoms with Gasteiger partial charge in [0.15, 0.2) is 5.82 Å². The van der Waals surface area contributed by atoms with E-state index in [0.717, 1.165) is 58.9 Å². The van der Waals surface area contributed by atoms with Crippen molar-refractivity contribution < 1.29 is 9.53 Å². The SMILES string of the molecule is COc1ccccc1-c1ccc(N2CCC(C(=O)Nc3ccc(Br)cc3)CC2)nn1. The van der Waals surface area contributed by atoms with Crippen LogP contribution in [0.5, 0.6) is 5.75 Å². The second-order valence-electron chi connectivity index (χ2n) is 7.23. The number of methoxy groups -OCH3 is 1. The van der Waals surface area contributed by atoms with Gasteiger partial charge in [-0.3, -0.25) is 4.79 Å². The number of nitrogens with one attached hydrogen (secondary N) is 1. The van der Waals surface area contributed by atoms with Crippen LogP contribution in [0.25, 0.3) is 11.3 Å². The smallest absolute Gasteiger partial charge is 0.227 e. The number of carbonyl (C=O) groups is 1. The average molecular weight is 467 g/mol. The summed E-state index contributed by atoms with van der Waals surface area (Å²) in [6, 6.07) is 19.4. The van der Waals surface area contributed by atoms with E-state index in [1.807, 2.05) is 60.7 Å². The fourth-order valence-electron chi connectivity index (χ4n) is 3.64. The van der Waals surface area contributed by atoms with Gasteiger partial charge in [-0.25, -0.2) is 0 Å². The number of rotatable bonds is 5. The van der Waals surface area contributed by atoms with E-state index in [9.17, 15) is 4.79 Å². The zero-order chi connectivity index (χ0) is 20.9. The van der Waals surface area contributed by atoms with Crippen LogP contribution in [0.4, 0.5) is 11.5 Å². The number of anilines is 2. The van der Waals surface area contributed by atoms with Gasteiger partial charge in [0.05, 0.1) is 12.8 Å². The van der Waals surface area contributed by atoms with E-state index in [1.54, 1.807) is 7.11 Å². The van der Waals surface area contributed by atoms with Crippen molar-refractivity contribution in [2.24, 2.45) is 5.92 Å². The maximum Gasteiger partial charge on any atom is 0.227 e. The van der Waals surface area contributed by atoms with Gasteiger partial charge in [-0.1, -0.05) is 28.1 Å². The minimum absolute atomic E-state index is 0.00529. The first-order valence-electron chi connectivity index (χ1n) is 9.92. The van der Waals surface area contributed by atoms with E-state index < -0.39 is 0 Å². The van der Waals surface area contributed by atoms with Crippen LogP contribution in [-0.4, -0.2) is 36.3 Å². The molecule has 0 aliphatic carbocycles. The number of para-hydroxylation sites is 1. The molecule has 1 N–H and O–H groups in total. The fourth-order valence-corrected chi connectivity index (χ4v) is 3.91. The minimum Gasteiger partial charge on any atom is -0.496 e. The average Bonchev–Trinajstić information content (AvgIpc) is 2.81. The number of aromatic nitrogens is 2. The molecule has 3 aromatic rings. The number of halogens is 1. The maximum absolute atomic E-state index is 12.6. The Labute approximate surface area is 184 Å². The van der Waals surface area contributed by atoms with E-state index >= 15 is 0 Å². The Kier molecular flexibility index (Phi) is 6.28. The Morgan fingerprint density at radius 1 is 1.03 bits per heavy atom. The second kappa shape index (κ2) is 9.26. The van der Waals surface area contributed by atoms with Gasteiger partial charge in [-0.15, -0.1) is 10.2 Å². The summed E-state index contributed by atoms with van der Waals surface area (Å²) in [6.07, 6.45) is 1.58. The summed E-state index contributed by atoms with van der Waals surface area (Å²) in [7, 11) is 1.65. The van der Waals surface area contributed by atoms with E-state index in [-0.39, 0.29) is 11.8 Å².